The van der Waals surface area contributed by atoms with Crippen LogP contribution in [-0.2, 0) is 11.2 Å². The molecule has 0 fully saturated rings. The van der Waals surface area contributed by atoms with E-state index in [1.165, 1.54) is 5.56 Å². The van der Waals surface area contributed by atoms with Gasteiger partial charge in [0.1, 0.15) is 5.75 Å². The van der Waals surface area contributed by atoms with Crippen LogP contribution >= 0.6 is 15.9 Å². The van der Waals surface area contributed by atoms with Crippen LogP contribution in [0.3, 0.4) is 0 Å². The average molecular weight is 360 g/mol. The van der Waals surface area contributed by atoms with E-state index >= 15 is 0 Å². The van der Waals surface area contributed by atoms with Crippen LogP contribution in [0.1, 0.15) is 11.1 Å². The summed E-state index contributed by atoms with van der Waals surface area (Å²) in [5.41, 5.74) is 2.27. The number of rotatable bonds is 7. The molecule has 4 heteroatoms. The van der Waals surface area contributed by atoms with E-state index in [0.29, 0.717) is 6.54 Å². The number of hydrogen-bond acceptors (Lipinski definition) is 2. The van der Waals surface area contributed by atoms with E-state index in [1.54, 1.807) is 0 Å². The van der Waals surface area contributed by atoms with E-state index < -0.39 is 0 Å². The summed E-state index contributed by atoms with van der Waals surface area (Å²) in [4.78, 5) is 11.7. The Kier molecular flexibility index (Phi) is 6.22. The fourth-order valence-electron chi connectivity index (χ4n) is 2.00. The summed E-state index contributed by atoms with van der Waals surface area (Å²) in [5, 5.41) is 2.71. The molecule has 0 aromatic heterocycles. The fraction of sp³-hybridized carbons (Fsp3) is 0.167. The second kappa shape index (κ2) is 8.39. The molecule has 1 amide bonds. The van der Waals surface area contributed by atoms with Crippen molar-refractivity contribution < 1.29 is 9.53 Å². The highest BCUT2D eigenvalue weighted by Gasteiger charge is 2.07. The number of para-hydroxylation sites is 1. The minimum Gasteiger partial charge on any atom is -0.483 e. The van der Waals surface area contributed by atoms with Crippen molar-refractivity contribution in [3.05, 3.63) is 76.8 Å². The lowest BCUT2D eigenvalue weighted by molar-refractivity contribution is -0.122. The largest absolute Gasteiger partial charge is 0.483 e. The smallest absolute Gasteiger partial charge is 0.258 e. The van der Waals surface area contributed by atoms with Gasteiger partial charge in [-0.2, -0.15) is 0 Å². The van der Waals surface area contributed by atoms with E-state index in [9.17, 15) is 4.79 Å². The molecule has 0 heterocycles. The molecule has 0 saturated carbocycles. The van der Waals surface area contributed by atoms with E-state index in [2.05, 4.69) is 40.0 Å². The second-order valence-electron chi connectivity index (χ2n) is 4.85. The minimum atomic E-state index is -0.171. The van der Waals surface area contributed by atoms with Gasteiger partial charge < -0.3 is 10.1 Å². The van der Waals surface area contributed by atoms with Crippen molar-refractivity contribution in [2.45, 2.75) is 6.42 Å². The maximum atomic E-state index is 11.7. The zero-order chi connectivity index (χ0) is 15.8. The summed E-state index contributed by atoms with van der Waals surface area (Å²) in [6.45, 7) is 4.06. The molecule has 22 heavy (non-hydrogen) atoms. The van der Waals surface area contributed by atoms with Gasteiger partial charge in [0, 0.05) is 17.4 Å². The Hall–Kier alpha value is -2.07. The van der Waals surface area contributed by atoms with E-state index in [-0.39, 0.29) is 12.5 Å². The number of amides is 1. The lowest BCUT2D eigenvalue weighted by Gasteiger charge is -2.11. The first kappa shape index (κ1) is 16.3. The molecule has 114 valence electrons. The molecule has 0 unspecified atom stereocenters. The minimum absolute atomic E-state index is 0.00785. The third-order valence-electron chi connectivity index (χ3n) is 3.05. The Balaban J connectivity index is 1.96. The molecular weight excluding hydrogens is 342 g/mol. The Labute approximate surface area is 139 Å². The molecule has 2 aromatic carbocycles. The van der Waals surface area contributed by atoms with E-state index in [1.807, 2.05) is 42.5 Å². The Bertz CT molecular complexity index is 641. The van der Waals surface area contributed by atoms with Gasteiger partial charge in [0.25, 0.3) is 5.91 Å². The van der Waals surface area contributed by atoms with Gasteiger partial charge in [-0.15, -0.1) is 0 Å². The van der Waals surface area contributed by atoms with Crippen LogP contribution < -0.4 is 10.1 Å². The summed E-state index contributed by atoms with van der Waals surface area (Å²) in [6, 6.07) is 17.9. The van der Waals surface area contributed by atoms with Crippen LogP contribution in [0.5, 0.6) is 5.75 Å². The number of carbonyl (C=O) groups is 1. The maximum Gasteiger partial charge on any atom is 0.258 e. The monoisotopic (exact) mass is 359 g/mol. The third kappa shape index (κ3) is 5.37. The molecule has 0 radical (unpaired) electrons. The Morgan fingerprint density at radius 1 is 1.09 bits per heavy atom. The molecule has 0 aliphatic heterocycles. The van der Waals surface area contributed by atoms with E-state index in [0.717, 1.165) is 22.2 Å². The molecule has 3 nitrogen and oxygen atoms in total. The maximum absolute atomic E-state index is 11.7. The molecule has 1 N–H and O–H groups in total. The van der Waals surface area contributed by atoms with Crippen molar-refractivity contribution >= 4 is 21.8 Å². The molecule has 2 aromatic rings. The Morgan fingerprint density at radius 2 is 1.77 bits per heavy atom. The number of benzene rings is 2. The lowest BCUT2D eigenvalue weighted by Crippen LogP contribution is -2.29. The summed E-state index contributed by atoms with van der Waals surface area (Å²) < 4.78 is 6.37. The zero-order valence-electron chi connectivity index (χ0n) is 12.2. The predicted octanol–water partition coefficient (Wildman–Crippen LogP) is 3.68. The standard InChI is InChI=1S/C18H18BrNO2/c1-14(19)12-20-18(21)13-22-17-10-6-5-9-16(17)11-15-7-3-2-4-8-15/h2-10H,1,11-13H2,(H,20,21). The third-order valence-corrected chi connectivity index (χ3v) is 3.33. The van der Waals surface area contributed by atoms with Crippen molar-refractivity contribution in [1.29, 1.82) is 0 Å². The van der Waals surface area contributed by atoms with Crippen LogP contribution in [0.2, 0.25) is 0 Å². The molecule has 0 aliphatic carbocycles. The van der Waals surface area contributed by atoms with Gasteiger partial charge in [-0.1, -0.05) is 71.0 Å². The summed E-state index contributed by atoms with van der Waals surface area (Å²) in [6.07, 6.45) is 0.775. The molecule has 0 aliphatic rings. The van der Waals surface area contributed by atoms with Gasteiger partial charge in [0.05, 0.1) is 0 Å². The first-order valence-electron chi connectivity index (χ1n) is 7.00. The SMILES string of the molecule is C=C(Br)CNC(=O)COc1ccccc1Cc1ccccc1. The van der Waals surface area contributed by atoms with Crippen molar-refractivity contribution in [3.8, 4) is 5.75 Å². The number of halogens is 1. The fourth-order valence-corrected chi connectivity index (χ4v) is 2.14. The average Bonchev–Trinajstić information content (AvgIpc) is 2.53. The lowest BCUT2D eigenvalue weighted by atomic mass is 10.0. The van der Waals surface area contributed by atoms with Gasteiger partial charge in [0.15, 0.2) is 6.61 Å². The van der Waals surface area contributed by atoms with Gasteiger partial charge in [-0.05, 0) is 17.2 Å². The number of ether oxygens (including phenoxy) is 1. The van der Waals surface area contributed by atoms with Crippen LogP contribution in [0, 0.1) is 0 Å². The van der Waals surface area contributed by atoms with Crippen molar-refractivity contribution in [2.24, 2.45) is 0 Å². The second-order valence-corrected chi connectivity index (χ2v) is 5.97. The van der Waals surface area contributed by atoms with Crippen molar-refractivity contribution in [3.63, 3.8) is 0 Å². The van der Waals surface area contributed by atoms with Gasteiger partial charge in [-0.3, -0.25) is 4.79 Å². The molecule has 2 rings (SSSR count). The topological polar surface area (TPSA) is 38.3 Å². The first-order chi connectivity index (χ1) is 10.6. The quantitative estimate of drug-likeness (QED) is 0.818. The van der Waals surface area contributed by atoms with Gasteiger partial charge in [-0.25, -0.2) is 0 Å². The summed E-state index contributed by atoms with van der Waals surface area (Å²) >= 11 is 3.20. The molecule has 0 spiro atoms. The van der Waals surface area contributed by atoms with Gasteiger partial charge >= 0.3 is 0 Å². The normalized spacial score (nSPS) is 10.0. The zero-order valence-corrected chi connectivity index (χ0v) is 13.8. The first-order valence-corrected chi connectivity index (χ1v) is 7.79. The highest BCUT2D eigenvalue weighted by Crippen LogP contribution is 2.21. The van der Waals surface area contributed by atoms with Crippen molar-refractivity contribution in [1.82, 2.24) is 5.32 Å². The van der Waals surface area contributed by atoms with Crippen LogP contribution in [0.25, 0.3) is 0 Å². The number of nitrogens with one attached hydrogen (secondary N) is 1. The predicted molar refractivity (Wildman–Crippen MR) is 92.3 cm³/mol. The van der Waals surface area contributed by atoms with Crippen LogP contribution in [0.4, 0.5) is 0 Å². The molecular formula is C18H18BrNO2. The van der Waals surface area contributed by atoms with Crippen LogP contribution in [-0.4, -0.2) is 19.1 Å². The van der Waals surface area contributed by atoms with Gasteiger partial charge in [0.2, 0.25) is 0 Å². The van der Waals surface area contributed by atoms with Crippen LogP contribution in [0.15, 0.2) is 65.7 Å². The highest BCUT2D eigenvalue weighted by atomic mass is 79.9. The van der Waals surface area contributed by atoms with Crippen molar-refractivity contribution in [2.75, 3.05) is 13.2 Å². The van der Waals surface area contributed by atoms with E-state index in [4.69, 9.17) is 4.74 Å². The molecule has 0 bridgehead atoms. The number of carbonyl (C=O) groups excluding carboxylic acids is 1. The molecule has 0 atom stereocenters. The summed E-state index contributed by atoms with van der Waals surface area (Å²) in [5.74, 6) is 0.564. The Morgan fingerprint density at radius 3 is 2.50 bits per heavy atom. The number of hydrogen-bond donors (Lipinski definition) is 1. The highest BCUT2D eigenvalue weighted by molar-refractivity contribution is 9.11. The summed E-state index contributed by atoms with van der Waals surface area (Å²) in [7, 11) is 0. The molecule has 0 saturated heterocycles.